The normalized spacial score (nSPS) is 37.6. The van der Waals surface area contributed by atoms with Crippen molar-refractivity contribution in [1.29, 1.82) is 0 Å². The number of hydrogen-bond acceptors (Lipinski definition) is 2. The molecule has 0 bridgehead atoms. The molecule has 0 amide bonds. The molecule has 3 saturated carbocycles. The topological polar surface area (TPSA) is 26.3 Å². The van der Waals surface area contributed by atoms with Crippen molar-refractivity contribution in [3.05, 3.63) is 11.6 Å². The fourth-order valence-electron chi connectivity index (χ4n) is 9.42. The summed E-state index contributed by atoms with van der Waals surface area (Å²) in [5, 5.41) is 0. The van der Waals surface area contributed by atoms with E-state index in [4.69, 9.17) is 4.74 Å². The van der Waals surface area contributed by atoms with Gasteiger partial charge in [-0.2, -0.15) is 0 Å². The molecule has 206 valence electrons. The van der Waals surface area contributed by atoms with E-state index in [0.29, 0.717) is 17.3 Å². The third-order valence-electron chi connectivity index (χ3n) is 11.7. The van der Waals surface area contributed by atoms with Crippen molar-refractivity contribution in [3.63, 3.8) is 0 Å². The molecule has 0 saturated heterocycles. The van der Waals surface area contributed by atoms with E-state index in [2.05, 4.69) is 33.8 Å². The Bertz CT molecular complexity index is 739. The number of carbonyl (C=O) groups is 1. The van der Waals surface area contributed by atoms with Crippen LogP contribution in [0.3, 0.4) is 0 Å². The first-order valence-electron chi connectivity index (χ1n) is 16.3. The maximum atomic E-state index is 12.4. The minimum absolute atomic E-state index is 0.0461. The maximum Gasteiger partial charge on any atom is 0.306 e. The Morgan fingerprint density at radius 2 is 1.58 bits per heavy atom. The molecule has 0 aromatic rings. The van der Waals surface area contributed by atoms with Crippen LogP contribution in [0.2, 0.25) is 0 Å². The fourth-order valence-corrected chi connectivity index (χ4v) is 9.42. The largest absolute Gasteiger partial charge is 0.462 e. The molecule has 0 spiro atoms. The first-order chi connectivity index (χ1) is 17.4. The second-order valence-electron chi connectivity index (χ2n) is 13.8. The Balaban J connectivity index is 1.31. The zero-order valence-electron chi connectivity index (χ0n) is 24.4. The van der Waals surface area contributed by atoms with Crippen LogP contribution in [-0.4, -0.2) is 12.1 Å². The van der Waals surface area contributed by atoms with E-state index in [1.54, 1.807) is 5.57 Å². The lowest BCUT2D eigenvalue weighted by Crippen LogP contribution is -2.50. The van der Waals surface area contributed by atoms with E-state index in [1.807, 2.05) is 0 Å². The zero-order chi connectivity index (χ0) is 25.6. The highest BCUT2D eigenvalue weighted by molar-refractivity contribution is 5.69. The van der Waals surface area contributed by atoms with Gasteiger partial charge in [0.25, 0.3) is 0 Å². The molecule has 3 fully saturated rings. The summed E-state index contributed by atoms with van der Waals surface area (Å²) < 4.78 is 5.99. The van der Waals surface area contributed by atoms with Gasteiger partial charge < -0.3 is 4.74 Å². The van der Waals surface area contributed by atoms with Crippen molar-refractivity contribution < 1.29 is 9.53 Å². The number of carbonyl (C=O) groups excluding carboxylic acids is 1. The van der Waals surface area contributed by atoms with Gasteiger partial charge in [-0.05, 0) is 92.3 Å². The number of rotatable bonds is 13. The van der Waals surface area contributed by atoms with Gasteiger partial charge in [0.2, 0.25) is 0 Å². The highest BCUT2D eigenvalue weighted by atomic mass is 16.5. The van der Waals surface area contributed by atoms with Crippen molar-refractivity contribution >= 4 is 5.97 Å². The lowest BCUT2D eigenvalue weighted by atomic mass is 9.47. The highest BCUT2D eigenvalue weighted by Gasteiger charge is 2.58. The van der Waals surface area contributed by atoms with Gasteiger partial charge in [0.15, 0.2) is 0 Å². The van der Waals surface area contributed by atoms with E-state index < -0.39 is 0 Å². The molecule has 4 aliphatic carbocycles. The Morgan fingerprint density at radius 1 is 0.861 bits per heavy atom. The predicted octanol–water partition coefficient (Wildman–Crippen LogP) is 10.2. The fraction of sp³-hybridized carbons (Fsp3) is 0.912. The van der Waals surface area contributed by atoms with Crippen LogP contribution >= 0.6 is 0 Å². The van der Waals surface area contributed by atoms with Gasteiger partial charge in [0.05, 0.1) is 0 Å². The first-order valence-corrected chi connectivity index (χ1v) is 16.3. The van der Waals surface area contributed by atoms with Gasteiger partial charge in [0, 0.05) is 12.8 Å². The van der Waals surface area contributed by atoms with Crippen molar-refractivity contribution in [2.75, 3.05) is 0 Å². The average Bonchev–Trinajstić information content (AvgIpc) is 3.20. The van der Waals surface area contributed by atoms with Crippen LogP contribution < -0.4 is 0 Å². The van der Waals surface area contributed by atoms with Gasteiger partial charge in [-0.1, -0.05) is 97.1 Å². The highest BCUT2D eigenvalue weighted by Crippen LogP contribution is 2.66. The minimum atomic E-state index is 0.0461. The zero-order valence-corrected chi connectivity index (χ0v) is 24.4. The number of hydrogen-bond donors (Lipinski definition) is 0. The second kappa shape index (κ2) is 12.8. The van der Waals surface area contributed by atoms with Gasteiger partial charge in [-0.15, -0.1) is 0 Å². The monoisotopic (exact) mass is 498 g/mol. The van der Waals surface area contributed by atoms with Crippen LogP contribution in [0.1, 0.15) is 156 Å². The van der Waals surface area contributed by atoms with Crippen molar-refractivity contribution in [3.8, 4) is 0 Å². The smallest absolute Gasteiger partial charge is 0.306 e. The van der Waals surface area contributed by atoms with E-state index in [-0.39, 0.29) is 12.1 Å². The van der Waals surface area contributed by atoms with Crippen LogP contribution in [0.4, 0.5) is 0 Å². The summed E-state index contributed by atoms with van der Waals surface area (Å²) in [5.41, 5.74) is 2.59. The van der Waals surface area contributed by atoms with E-state index in [9.17, 15) is 4.79 Å². The number of unbranched alkanes of at least 4 members (excludes halogenated alkanes) is 8. The summed E-state index contributed by atoms with van der Waals surface area (Å²) >= 11 is 0. The number of esters is 1. The third kappa shape index (κ3) is 6.09. The predicted molar refractivity (Wildman–Crippen MR) is 152 cm³/mol. The molecule has 0 radical (unpaired) electrons. The Labute approximate surface area is 223 Å². The molecule has 0 aromatic carbocycles. The molecule has 2 nitrogen and oxygen atoms in total. The molecule has 0 N–H and O–H groups in total. The van der Waals surface area contributed by atoms with Crippen molar-refractivity contribution in [2.24, 2.45) is 34.5 Å². The minimum Gasteiger partial charge on any atom is -0.462 e. The lowest BCUT2D eigenvalue weighted by molar-refractivity contribution is -0.151. The van der Waals surface area contributed by atoms with Crippen LogP contribution in [0, 0.1) is 34.5 Å². The Kier molecular flexibility index (Phi) is 10.1. The summed E-state index contributed by atoms with van der Waals surface area (Å²) in [6.07, 6.45) is 28.5. The summed E-state index contributed by atoms with van der Waals surface area (Å²) in [6, 6.07) is 0. The maximum absolute atomic E-state index is 12.4. The first kappa shape index (κ1) is 28.2. The average molecular weight is 499 g/mol. The molecular formula is C34H58O2. The molecule has 36 heavy (non-hydrogen) atoms. The SMILES string of the molecule is CCCCCCCCC1CCC2C3CC=C4CC(OC(=O)CCCCCC)CCC4(C)C3CCC12C. The molecule has 7 atom stereocenters. The lowest BCUT2D eigenvalue weighted by Gasteiger charge is -2.58. The molecular weight excluding hydrogens is 440 g/mol. The quantitative estimate of drug-likeness (QED) is 0.143. The van der Waals surface area contributed by atoms with Crippen molar-refractivity contribution in [1.82, 2.24) is 0 Å². The summed E-state index contributed by atoms with van der Waals surface area (Å²) in [6.45, 7) is 9.82. The van der Waals surface area contributed by atoms with Crippen LogP contribution in [0.15, 0.2) is 11.6 Å². The van der Waals surface area contributed by atoms with E-state index >= 15 is 0 Å². The van der Waals surface area contributed by atoms with Gasteiger partial charge in [-0.25, -0.2) is 0 Å². The van der Waals surface area contributed by atoms with Crippen LogP contribution in [-0.2, 0) is 9.53 Å². The summed E-state index contributed by atoms with van der Waals surface area (Å²) in [7, 11) is 0. The van der Waals surface area contributed by atoms with Gasteiger partial charge in [0.1, 0.15) is 6.10 Å². The molecule has 7 unspecified atom stereocenters. The Morgan fingerprint density at radius 3 is 2.36 bits per heavy atom. The third-order valence-corrected chi connectivity index (χ3v) is 11.7. The molecule has 0 aromatic heterocycles. The number of allylic oxidation sites excluding steroid dienone is 1. The number of fused-ring (bicyclic) bond motifs is 5. The molecule has 0 aliphatic heterocycles. The molecule has 4 rings (SSSR count). The van der Waals surface area contributed by atoms with E-state index in [1.165, 1.54) is 96.3 Å². The van der Waals surface area contributed by atoms with Crippen LogP contribution in [0.25, 0.3) is 0 Å². The van der Waals surface area contributed by atoms with Gasteiger partial charge in [-0.3, -0.25) is 4.79 Å². The van der Waals surface area contributed by atoms with Gasteiger partial charge >= 0.3 is 5.97 Å². The summed E-state index contributed by atoms with van der Waals surface area (Å²) in [4.78, 5) is 12.4. The number of ether oxygens (including phenoxy) is 1. The second-order valence-corrected chi connectivity index (χ2v) is 13.8. The Hall–Kier alpha value is -0.790. The molecule has 0 heterocycles. The molecule has 4 aliphatic rings. The summed E-state index contributed by atoms with van der Waals surface area (Å²) in [5.74, 6) is 3.71. The van der Waals surface area contributed by atoms with E-state index in [0.717, 1.165) is 49.4 Å². The molecule has 2 heteroatoms. The van der Waals surface area contributed by atoms with Crippen LogP contribution in [0.5, 0.6) is 0 Å². The standard InChI is InChI=1S/C34H58O2/c1-5-7-9-11-12-13-15-26-18-20-30-29-19-17-27-25-28(36-32(35)16-14-10-8-6-2)21-23-34(27,4)31(29)22-24-33(26,30)3/h17,26,28-31H,5-16,18-25H2,1-4H3. The van der Waals surface area contributed by atoms with Crippen molar-refractivity contribution in [2.45, 2.75) is 162 Å².